The Hall–Kier alpha value is -2.12. The molecule has 0 N–H and O–H groups in total. The van der Waals surface area contributed by atoms with Crippen molar-refractivity contribution in [1.29, 1.82) is 0 Å². The van der Waals surface area contributed by atoms with E-state index < -0.39 is 11.9 Å². The quantitative estimate of drug-likeness (QED) is 0.831. The summed E-state index contributed by atoms with van der Waals surface area (Å²) < 4.78 is 16.6. The lowest BCUT2D eigenvalue weighted by atomic mass is 10.0. The number of piperidine rings is 1. The van der Waals surface area contributed by atoms with Gasteiger partial charge in [-0.1, -0.05) is 5.16 Å². The first-order valence-electron chi connectivity index (χ1n) is 8.63. The van der Waals surface area contributed by atoms with Gasteiger partial charge in [-0.3, -0.25) is 4.79 Å². The van der Waals surface area contributed by atoms with Crippen molar-refractivity contribution in [2.45, 2.75) is 31.2 Å². The maximum atomic E-state index is 12.7. The molecule has 0 saturated carbocycles. The Morgan fingerprint density at radius 3 is 2.52 bits per heavy atom. The van der Waals surface area contributed by atoms with Crippen LogP contribution < -0.4 is 4.74 Å². The number of benzene rings is 1. The van der Waals surface area contributed by atoms with E-state index in [9.17, 15) is 4.79 Å². The highest BCUT2D eigenvalue weighted by Crippen LogP contribution is 2.32. The fourth-order valence-corrected chi connectivity index (χ4v) is 3.52. The Morgan fingerprint density at radius 1 is 1.20 bits per heavy atom. The second-order valence-electron chi connectivity index (χ2n) is 6.50. The molecule has 3 aliphatic rings. The molecule has 1 atom stereocenters. The van der Waals surface area contributed by atoms with Gasteiger partial charge in [0.15, 0.2) is 5.79 Å². The first-order chi connectivity index (χ1) is 12.2. The van der Waals surface area contributed by atoms with E-state index in [1.807, 2.05) is 29.2 Å². The Morgan fingerprint density at radius 2 is 1.88 bits per heavy atom. The van der Waals surface area contributed by atoms with E-state index >= 15 is 0 Å². The van der Waals surface area contributed by atoms with Crippen molar-refractivity contribution in [1.82, 2.24) is 4.90 Å². The summed E-state index contributed by atoms with van der Waals surface area (Å²) in [5.41, 5.74) is 1.73. The van der Waals surface area contributed by atoms with E-state index in [2.05, 4.69) is 5.16 Å². The Bertz CT molecular complexity index is 657. The SMILES string of the molecule is COc1ccc(C2=NO[C@H](C(=O)N3CCC4(CC3)OCCO4)C2)cc1. The number of likely N-dealkylation sites (tertiary alicyclic amines) is 1. The zero-order chi connectivity index (χ0) is 17.3. The summed E-state index contributed by atoms with van der Waals surface area (Å²) in [6, 6.07) is 7.60. The van der Waals surface area contributed by atoms with Crippen molar-refractivity contribution in [3.8, 4) is 5.75 Å². The summed E-state index contributed by atoms with van der Waals surface area (Å²) in [7, 11) is 1.63. The van der Waals surface area contributed by atoms with Crippen molar-refractivity contribution in [3.05, 3.63) is 29.8 Å². The lowest BCUT2D eigenvalue weighted by molar-refractivity contribution is -0.189. The van der Waals surface area contributed by atoms with Crippen LogP contribution in [0.4, 0.5) is 0 Å². The minimum atomic E-state index is -0.545. The highest BCUT2D eigenvalue weighted by Gasteiger charge is 2.42. The van der Waals surface area contributed by atoms with Gasteiger partial charge in [-0.05, 0) is 29.8 Å². The van der Waals surface area contributed by atoms with Gasteiger partial charge in [-0.2, -0.15) is 0 Å². The summed E-state index contributed by atoms with van der Waals surface area (Å²) >= 11 is 0. The van der Waals surface area contributed by atoms with Crippen LogP contribution in [0.3, 0.4) is 0 Å². The monoisotopic (exact) mass is 346 g/mol. The van der Waals surface area contributed by atoms with Crippen molar-refractivity contribution >= 4 is 11.6 Å². The predicted octanol–water partition coefficient (Wildman–Crippen LogP) is 1.55. The zero-order valence-corrected chi connectivity index (χ0v) is 14.3. The maximum Gasteiger partial charge on any atom is 0.266 e. The van der Waals surface area contributed by atoms with E-state index in [4.69, 9.17) is 19.0 Å². The first kappa shape index (κ1) is 16.4. The summed E-state index contributed by atoms with van der Waals surface area (Å²) in [5, 5.41) is 4.11. The third-order valence-electron chi connectivity index (χ3n) is 5.02. The Kier molecular flexibility index (Phi) is 4.35. The maximum absolute atomic E-state index is 12.7. The van der Waals surface area contributed by atoms with E-state index in [-0.39, 0.29) is 5.91 Å². The average molecular weight is 346 g/mol. The van der Waals surface area contributed by atoms with Crippen LogP contribution in [0, 0.1) is 0 Å². The molecule has 0 aliphatic carbocycles. The lowest BCUT2D eigenvalue weighted by Gasteiger charge is -2.38. The number of hydrogen-bond acceptors (Lipinski definition) is 6. The van der Waals surface area contributed by atoms with Crippen LogP contribution in [-0.4, -0.2) is 61.8 Å². The first-order valence-corrected chi connectivity index (χ1v) is 8.63. The molecule has 0 aromatic heterocycles. The molecule has 25 heavy (non-hydrogen) atoms. The molecule has 4 rings (SSSR count). The average Bonchev–Trinajstić information content (AvgIpc) is 3.32. The smallest absolute Gasteiger partial charge is 0.266 e. The molecule has 0 radical (unpaired) electrons. The van der Waals surface area contributed by atoms with Crippen LogP contribution in [0.25, 0.3) is 0 Å². The van der Waals surface area contributed by atoms with Gasteiger partial charge in [0.25, 0.3) is 5.91 Å². The van der Waals surface area contributed by atoms with Crippen LogP contribution >= 0.6 is 0 Å². The fourth-order valence-electron chi connectivity index (χ4n) is 3.52. The second-order valence-corrected chi connectivity index (χ2v) is 6.50. The molecule has 3 aliphatic heterocycles. The van der Waals surface area contributed by atoms with Gasteiger partial charge in [0.2, 0.25) is 6.10 Å². The minimum Gasteiger partial charge on any atom is -0.497 e. The molecule has 3 heterocycles. The van der Waals surface area contributed by atoms with Gasteiger partial charge in [-0.25, -0.2) is 0 Å². The topological polar surface area (TPSA) is 69.6 Å². The number of nitrogens with zero attached hydrogens (tertiary/aromatic N) is 2. The third kappa shape index (κ3) is 3.21. The van der Waals surface area contributed by atoms with Gasteiger partial charge >= 0.3 is 0 Å². The van der Waals surface area contributed by atoms with Crippen molar-refractivity contribution in [2.75, 3.05) is 33.4 Å². The predicted molar refractivity (Wildman–Crippen MR) is 89.5 cm³/mol. The number of ether oxygens (including phenoxy) is 3. The lowest BCUT2D eigenvalue weighted by Crippen LogP contribution is -2.50. The van der Waals surface area contributed by atoms with Gasteiger partial charge in [0.05, 0.1) is 26.0 Å². The molecule has 1 aromatic rings. The standard InChI is InChI=1S/C18H22N2O5/c1-22-14-4-2-13(3-5-14)15-12-16(25-19-15)17(21)20-8-6-18(7-9-20)23-10-11-24-18/h2-5,16H,6-12H2,1H3/t16-/m0/s1. The molecule has 2 saturated heterocycles. The fraction of sp³-hybridized carbons (Fsp3) is 0.556. The van der Waals surface area contributed by atoms with E-state index in [0.717, 1.165) is 17.0 Å². The molecule has 1 aromatic carbocycles. The molecule has 134 valence electrons. The Labute approximate surface area is 146 Å². The molecule has 1 spiro atoms. The van der Waals surface area contributed by atoms with Gasteiger partial charge in [0.1, 0.15) is 5.75 Å². The number of methoxy groups -OCH3 is 1. The zero-order valence-electron chi connectivity index (χ0n) is 14.3. The number of amides is 1. The number of hydrogen-bond donors (Lipinski definition) is 0. The van der Waals surface area contributed by atoms with Gasteiger partial charge in [-0.15, -0.1) is 0 Å². The molecule has 1 amide bonds. The molecule has 0 bridgehead atoms. The van der Waals surface area contributed by atoms with Crippen LogP contribution in [0.1, 0.15) is 24.8 Å². The highest BCUT2D eigenvalue weighted by atomic mass is 16.7. The minimum absolute atomic E-state index is 0.0138. The largest absolute Gasteiger partial charge is 0.497 e. The summed E-state index contributed by atoms with van der Waals surface area (Å²) in [5.74, 6) is 0.299. The molecule has 7 heteroatoms. The Balaban J connectivity index is 1.33. The van der Waals surface area contributed by atoms with Crippen LogP contribution in [0.2, 0.25) is 0 Å². The summed E-state index contributed by atoms with van der Waals surface area (Å²) in [6.45, 7) is 2.52. The number of carbonyl (C=O) groups excluding carboxylic acids is 1. The normalized spacial score (nSPS) is 24.9. The van der Waals surface area contributed by atoms with Gasteiger partial charge in [0, 0.05) is 32.4 Å². The van der Waals surface area contributed by atoms with Gasteiger partial charge < -0.3 is 23.9 Å². The molecule has 0 unspecified atom stereocenters. The summed E-state index contributed by atoms with van der Waals surface area (Å²) in [6.07, 6.45) is 1.35. The third-order valence-corrected chi connectivity index (χ3v) is 5.02. The summed E-state index contributed by atoms with van der Waals surface area (Å²) in [4.78, 5) is 19.9. The molecule has 7 nitrogen and oxygen atoms in total. The van der Waals surface area contributed by atoms with E-state index in [0.29, 0.717) is 45.6 Å². The van der Waals surface area contributed by atoms with E-state index in [1.54, 1.807) is 7.11 Å². The second kappa shape index (κ2) is 6.65. The van der Waals surface area contributed by atoms with Crippen molar-refractivity contribution in [2.24, 2.45) is 5.16 Å². The number of rotatable bonds is 3. The molecular weight excluding hydrogens is 324 g/mol. The van der Waals surface area contributed by atoms with Crippen LogP contribution in [0.5, 0.6) is 5.75 Å². The van der Waals surface area contributed by atoms with Crippen LogP contribution in [0.15, 0.2) is 29.4 Å². The molecular formula is C18H22N2O5. The number of carbonyl (C=O) groups is 1. The number of oxime groups is 1. The van der Waals surface area contributed by atoms with Crippen LogP contribution in [-0.2, 0) is 19.1 Å². The van der Waals surface area contributed by atoms with E-state index in [1.165, 1.54) is 0 Å². The van der Waals surface area contributed by atoms with Crippen molar-refractivity contribution in [3.63, 3.8) is 0 Å². The molecule has 2 fully saturated rings. The highest BCUT2D eigenvalue weighted by molar-refractivity contribution is 6.04. The van der Waals surface area contributed by atoms with Crippen molar-refractivity contribution < 1.29 is 23.8 Å².